The van der Waals surface area contributed by atoms with Gasteiger partial charge in [-0.3, -0.25) is 19.4 Å². The minimum atomic E-state index is -0.522. The third-order valence-corrected chi connectivity index (χ3v) is 4.62. The number of carbonyl (C=O) groups excluding carboxylic acids is 3. The Morgan fingerprint density at radius 1 is 1.14 bits per heavy atom. The molecule has 0 fully saturated rings. The van der Waals surface area contributed by atoms with Crippen molar-refractivity contribution >= 4 is 34.7 Å². The summed E-state index contributed by atoms with van der Waals surface area (Å²) in [5, 5.41) is 5.17. The lowest BCUT2D eigenvalue weighted by atomic mass is 10.1. The van der Waals surface area contributed by atoms with Crippen LogP contribution in [-0.4, -0.2) is 34.2 Å². The predicted octanol–water partition coefficient (Wildman–Crippen LogP) is 3.13. The highest BCUT2D eigenvalue weighted by molar-refractivity contribution is 7.13. The smallest absolute Gasteiger partial charge is 0.312 e. The molecule has 1 aromatic carbocycles. The average Bonchev–Trinajstić information content (AvgIpc) is 3.15. The van der Waals surface area contributed by atoms with Gasteiger partial charge in [0.25, 0.3) is 0 Å². The lowest BCUT2D eigenvalue weighted by Gasteiger charge is -2.05. The summed E-state index contributed by atoms with van der Waals surface area (Å²) in [6.45, 7) is 1.05. The monoisotopic (exact) mass is 395 g/mol. The Morgan fingerprint density at radius 2 is 1.93 bits per heavy atom. The van der Waals surface area contributed by atoms with E-state index >= 15 is 0 Å². The van der Waals surface area contributed by atoms with Gasteiger partial charge in [0.2, 0.25) is 5.91 Å². The van der Waals surface area contributed by atoms with Gasteiger partial charge in [0.05, 0.1) is 12.1 Å². The van der Waals surface area contributed by atoms with Gasteiger partial charge >= 0.3 is 5.97 Å². The molecule has 3 aromatic rings. The van der Waals surface area contributed by atoms with Gasteiger partial charge in [0.15, 0.2) is 12.4 Å². The van der Waals surface area contributed by atoms with Crippen LogP contribution in [0.3, 0.4) is 0 Å². The zero-order valence-electron chi connectivity index (χ0n) is 15.0. The molecule has 0 aliphatic rings. The minimum absolute atomic E-state index is 0.00842. The molecule has 0 unspecified atom stereocenters. The maximum atomic E-state index is 12.1. The van der Waals surface area contributed by atoms with Crippen molar-refractivity contribution in [2.75, 3.05) is 11.9 Å². The first-order valence-electron chi connectivity index (χ1n) is 8.42. The van der Waals surface area contributed by atoms with Crippen LogP contribution in [0.5, 0.6) is 0 Å². The number of aromatic nitrogens is 2. The number of carbonyl (C=O) groups is 3. The molecule has 0 saturated carbocycles. The standard InChI is InChI=1S/C20H17N3O4S/c1-13(24)22-16-6-4-14(5-7-16)18(25)11-27-19(26)9-17-12-28-20(23-17)15-3-2-8-21-10-15/h2-8,10,12H,9,11H2,1H3,(H,22,24). The van der Waals surface area contributed by atoms with Crippen LogP contribution in [-0.2, 0) is 20.7 Å². The Morgan fingerprint density at radius 3 is 2.61 bits per heavy atom. The van der Waals surface area contributed by atoms with E-state index in [4.69, 9.17) is 4.74 Å². The third kappa shape index (κ3) is 5.31. The molecule has 0 saturated heterocycles. The second kappa shape index (κ2) is 9.01. The Balaban J connectivity index is 1.51. The number of pyridine rings is 1. The molecule has 8 heteroatoms. The fraction of sp³-hybridized carbons (Fsp3) is 0.150. The first-order valence-corrected chi connectivity index (χ1v) is 9.30. The van der Waals surface area contributed by atoms with Crippen molar-refractivity contribution in [3.8, 4) is 10.6 Å². The summed E-state index contributed by atoms with van der Waals surface area (Å²) < 4.78 is 5.07. The molecule has 1 amide bonds. The van der Waals surface area contributed by atoms with E-state index in [0.29, 0.717) is 16.9 Å². The average molecular weight is 395 g/mol. The maximum absolute atomic E-state index is 12.1. The molecular formula is C20H17N3O4S. The van der Waals surface area contributed by atoms with Crippen LogP contribution in [0.1, 0.15) is 23.0 Å². The van der Waals surface area contributed by atoms with Crippen LogP contribution in [0.4, 0.5) is 5.69 Å². The number of anilines is 1. The fourth-order valence-corrected chi connectivity index (χ4v) is 3.19. The van der Waals surface area contributed by atoms with Gasteiger partial charge in [0, 0.05) is 41.5 Å². The number of nitrogens with one attached hydrogen (secondary N) is 1. The minimum Gasteiger partial charge on any atom is -0.457 e. The molecule has 2 heterocycles. The van der Waals surface area contributed by atoms with Crippen molar-refractivity contribution < 1.29 is 19.1 Å². The van der Waals surface area contributed by atoms with Crippen LogP contribution in [0.25, 0.3) is 10.6 Å². The number of benzene rings is 1. The normalized spacial score (nSPS) is 10.3. The number of Topliss-reactive ketones (excluding diaryl/α,β-unsaturated/α-hetero) is 1. The number of hydrogen-bond donors (Lipinski definition) is 1. The van der Waals surface area contributed by atoms with E-state index in [0.717, 1.165) is 10.6 Å². The summed E-state index contributed by atoms with van der Waals surface area (Å²) >= 11 is 1.42. The predicted molar refractivity (Wildman–Crippen MR) is 105 cm³/mol. The molecule has 1 N–H and O–H groups in total. The quantitative estimate of drug-likeness (QED) is 0.487. The highest BCUT2D eigenvalue weighted by atomic mass is 32.1. The summed E-state index contributed by atoms with van der Waals surface area (Å²) in [5.74, 6) is -1.04. The van der Waals surface area contributed by atoms with Gasteiger partial charge in [-0.15, -0.1) is 11.3 Å². The van der Waals surface area contributed by atoms with Crippen molar-refractivity contribution in [3.05, 3.63) is 65.4 Å². The molecule has 0 radical (unpaired) electrons. The van der Waals surface area contributed by atoms with E-state index in [1.165, 1.54) is 18.3 Å². The van der Waals surface area contributed by atoms with Crippen LogP contribution >= 0.6 is 11.3 Å². The number of thiazole rings is 1. The van der Waals surface area contributed by atoms with Gasteiger partial charge in [-0.1, -0.05) is 0 Å². The second-order valence-corrected chi connectivity index (χ2v) is 6.76. The lowest BCUT2D eigenvalue weighted by molar-refractivity contribution is -0.141. The number of ether oxygens (including phenoxy) is 1. The Bertz CT molecular complexity index is 984. The topological polar surface area (TPSA) is 98.2 Å². The first kappa shape index (κ1) is 19.4. The number of nitrogens with zero attached hydrogens (tertiary/aromatic N) is 2. The second-order valence-electron chi connectivity index (χ2n) is 5.90. The summed E-state index contributed by atoms with van der Waals surface area (Å²) in [6.07, 6.45) is 3.38. The number of rotatable bonds is 7. The van der Waals surface area contributed by atoms with Crippen LogP contribution in [0.15, 0.2) is 54.2 Å². The van der Waals surface area contributed by atoms with Gasteiger partial charge in [0.1, 0.15) is 5.01 Å². The summed E-state index contributed by atoms with van der Waals surface area (Å²) in [5.41, 5.74) is 2.45. The zero-order chi connectivity index (χ0) is 19.9. The van der Waals surface area contributed by atoms with Gasteiger partial charge in [-0.05, 0) is 36.4 Å². The van der Waals surface area contributed by atoms with Crippen LogP contribution in [0.2, 0.25) is 0 Å². The van der Waals surface area contributed by atoms with E-state index in [1.807, 2.05) is 12.1 Å². The van der Waals surface area contributed by atoms with E-state index in [-0.39, 0.29) is 24.7 Å². The Kier molecular flexibility index (Phi) is 6.23. The number of hydrogen-bond acceptors (Lipinski definition) is 7. The molecular weight excluding hydrogens is 378 g/mol. The highest BCUT2D eigenvalue weighted by Crippen LogP contribution is 2.22. The number of amides is 1. The SMILES string of the molecule is CC(=O)Nc1ccc(C(=O)COC(=O)Cc2csc(-c3cccnc3)n2)cc1. The van der Waals surface area contributed by atoms with Crippen molar-refractivity contribution in [1.29, 1.82) is 0 Å². The lowest BCUT2D eigenvalue weighted by Crippen LogP contribution is -2.16. The van der Waals surface area contributed by atoms with Gasteiger partial charge < -0.3 is 10.1 Å². The van der Waals surface area contributed by atoms with Gasteiger partial charge in [-0.25, -0.2) is 4.98 Å². The summed E-state index contributed by atoms with van der Waals surface area (Å²) in [4.78, 5) is 43.6. The molecule has 0 bridgehead atoms. The molecule has 7 nitrogen and oxygen atoms in total. The largest absolute Gasteiger partial charge is 0.457 e. The number of ketones is 1. The molecule has 0 aliphatic carbocycles. The summed E-state index contributed by atoms with van der Waals surface area (Å²) in [6, 6.07) is 10.1. The molecule has 2 aromatic heterocycles. The summed E-state index contributed by atoms with van der Waals surface area (Å²) in [7, 11) is 0. The molecule has 0 atom stereocenters. The van der Waals surface area contributed by atoms with Crippen molar-refractivity contribution in [2.45, 2.75) is 13.3 Å². The third-order valence-electron chi connectivity index (χ3n) is 3.68. The molecule has 0 spiro atoms. The maximum Gasteiger partial charge on any atom is 0.312 e. The molecule has 142 valence electrons. The van der Waals surface area contributed by atoms with E-state index in [9.17, 15) is 14.4 Å². The van der Waals surface area contributed by atoms with Crippen LogP contribution < -0.4 is 5.32 Å². The molecule has 28 heavy (non-hydrogen) atoms. The fourth-order valence-electron chi connectivity index (χ4n) is 2.38. The van der Waals surface area contributed by atoms with Crippen molar-refractivity contribution in [3.63, 3.8) is 0 Å². The van der Waals surface area contributed by atoms with Crippen molar-refractivity contribution in [2.24, 2.45) is 0 Å². The van der Waals surface area contributed by atoms with Crippen molar-refractivity contribution in [1.82, 2.24) is 9.97 Å². The Hall–Kier alpha value is -3.39. The van der Waals surface area contributed by atoms with E-state index in [1.54, 1.807) is 42.0 Å². The van der Waals surface area contributed by atoms with Gasteiger partial charge in [-0.2, -0.15) is 0 Å². The molecule has 0 aliphatic heterocycles. The highest BCUT2D eigenvalue weighted by Gasteiger charge is 2.13. The van der Waals surface area contributed by atoms with Crippen LogP contribution in [0, 0.1) is 0 Å². The van der Waals surface area contributed by atoms with E-state index in [2.05, 4.69) is 15.3 Å². The first-order chi connectivity index (χ1) is 13.5. The number of esters is 1. The zero-order valence-corrected chi connectivity index (χ0v) is 15.9. The van der Waals surface area contributed by atoms with E-state index < -0.39 is 5.97 Å². The Labute approximate surface area is 165 Å². The molecule has 3 rings (SSSR count).